The van der Waals surface area contributed by atoms with E-state index in [-0.39, 0.29) is 22.8 Å². The number of para-hydroxylation sites is 1. The Hall–Kier alpha value is -2.93. The highest BCUT2D eigenvalue weighted by Crippen LogP contribution is 2.17. The normalized spacial score (nSPS) is 10.2. The van der Waals surface area contributed by atoms with Gasteiger partial charge >= 0.3 is 0 Å². The van der Waals surface area contributed by atoms with Gasteiger partial charge in [-0.3, -0.25) is 14.9 Å². The second kappa shape index (κ2) is 8.96. The van der Waals surface area contributed by atoms with Crippen LogP contribution in [-0.4, -0.2) is 24.0 Å². The highest BCUT2D eigenvalue weighted by Gasteiger charge is 2.13. The van der Waals surface area contributed by atoms with E-state index in [9.17, 15) is 9.59 Å². The third-order valence-electron chi connectivity index (χ3n) is 3.51. The van der Waals surface area contributed by atoms with Gasteiger partial charge in [0.25, 0.3) is 5.91 Å². The first-order valence-corrected chi connectivity index (χ1v) is 8.48. The van der Waals surface area contributed by atoms with Crippen molar-refractivity contribution in [1.82, 2.24) is 5.32 Å². The second-order valence-corrected chi connectivity index (χ2v) is 6.24. The molecule has 2 amide bonds. The number of carbonyl (C=O) groups excluding carboxylic acids is 2. The molecule has 0 saturated heterocycles. The number of methoxy groups -OCH3 is 1. The zero-order valence-corrected chi connectivity index (χ0v) is 15.6. The zero-order chi connectivity index (χ0) is 19.1. The van der Waals surface area contributed by atoms with Gasteiger partial charge in [-0.2, -0.15) is 0 Å². The molecule has 7 heteroatoms. The SMILES string of the molecule is COc1ccccc1C(=O)NC(=S)Nc1ccc(NC(=O)C(C)C)cc1. The molecule has 0 aliphatic carbocycles. The molecule has 0 fully saturated rings. The molecule has 0 saturated carbocycles. The number of benzene rings is 2. The van der Waals surface area contributed by atoms with Crippen LogP contribution in [0.1, 0.15) is 24.2 Å². The zero-order valence-electron chi connectivity index (χ0n) is 14.8. The molecular formula is C19H21N3O3S. The fourth-order valence-corrected chi connectivity index (χ4v) is 2.30. The number of hydrogen-bond acceptors (Lipinski definition) is 4. The van der Waals surface area contributed by atoms with E-state index in [0.29, 0.717) is 22.7 Å². The Morgan fingerprint density at radius 2 is 1.54 bits per heavy atom. The molecule has 0 aliphatic rings. The first kappa shape index (κ1) is 19.4. The molecule has 0 radical (unpaired) electrons. The van der Waals surface area contributed by atoms with E-state index in [4.69, 9.17) is 17.0 Å². The van der Waals surface area contributed by atoms with E-state index < -0.39 is 0 Å². The summed E-state index contributed by atoms with van der Waals surface area (Å²) >= 11 is 5.18. The van der Waals surface area contributed by atoms with E-state index in [2.05, 4.69) is 16.0 Å². The van der Waals surface area contributed by atoms with E-state index in [1.807, 2.05) is 13.8 Å². The minimum absolute atomic E-state index is 0.0506. The number of thiocarbonyl (C=S) groups is 1. The standard InChI is InChI=1S/C19H21N3O3S/c1-12(2)17(23)20-13-8-10-14(11-9-13)21-19(26)22-18(24)15-6-4-5-7-16(15)25-3/h4-12H,1-3H3,(H,20,23)(H2,21,22,24,26). The maximum absolute atomic E-state index is 12.3. The number of rotatable bonds is 5. The summed E-state index contributed by atoms with van der Waals surface area (Å²) in [4.78, 5) is 24.0. The van der Waals surface area contributed by atoms with Gasteiger partial charge in [-0.1, -0.05) is 26.0 Å². The Morgan fingerprint density at radius 1 is 0.962 bits per heavy atom. The quantitative estimate of drug-likeness (QED) is 0.702. The Kier molecular flexibility index (Phi) is 6.68. The second-order valence-electron chi connectivity index (χ2n) is 5.83. The van der Waals surface area contributed by atoms with Gasteiger partial charge in [-0.15, -0.1) is 0 Å². The highest BCUT2D eigenvalue weighted by molar-refractivity contribution is 7.80. The fourth-order valence-electron chi connectivity index (χ4n) is 2.09. The van der Waals surface area contributed by atoms with E-state index in [1.54, 1.807) is 48.5 Å². The Balaban J connectivity index is 1.95. The van der Waals surface area contributed by atoms with E-state index >= 15 is 0 Å². The van der Waals surface area contributed by atoms with Crippen molar-refractivity contribution < 1.29 is 14.3 Å². The van der Waals surface area contributed by atoms with Gasteiger partial charge in [0.05, 0.1) is 12.7 Å². The first-order valence-electron chi connectivity index (χ1n) is 8.07. The summed E-state index contributed by atoms with van der Waals surface area (Å²) in [7, 11) is 1.50. The lowest BCUT2D eigenvalue weighted by Gasteiger charge is -2.12. The summed E-state index contributed by atoms with van der Waals surface area (Å²) in [5, 5.41) is 8.51. The number of anilines is 2. The van der Waals surface area contributed by atoms with Crippen molar-refractivity contribution in [1.29, 1.82) is 0 Å². The average molecular weight is 371 g/mol. The lowest BCUT2D eigenvalue weighted by atomic mass is 10.2. The third-order valence-corrected chi connectivity index (χ3v) is 3.72. The molecule has 0 spiro atoms. The molecule has 136 valence electrons. The molecule has 0 heterocycles. The van der Waals surface area contributed by atoms with Gasteiger partial charge in [0.2, 0.25) is 5.91 Å². The van der Waals surface area contributed by atoms with Crippen LogP contribution in [0.3, 0.4) is 0 Å². The first-order chi connectivity index (χ1) is 12.4. The van der Waals surface area contributed by atoms with Crippen LogP contribution >= 0.6 is 12.2 Å². The number of ether oxygens (including phenoxy) is 1. The summed E-state index contributed by atoms with van der Waals surface area (Å²) in [6.45, 7) is 3.65. The molecule has 26 heavy (non-hydrogen) atoms. The van der Waals surface area contributed by atoms with Crippen LogP contribution in [0.15, 0.2) is 48.5 Å². The van der Waals surface area contributed by atoms with Crippen LogP contribution in [0.2, 0.25) is 0 Å². The minimum Gasteiger partial charge on any atom is -0.496 e. The number of carbonyl (C=O) groups is 2. The summed E-state index contributed by atoms with van der Waals surface area (Å²) in [6.07, 6.45) is 0. The van der Waals surface area contributed by atoms with Crippen molar-refractivity contribution in [2.24, 2.45) is 5.92 Å². The largest absolute Gasteiger partial charge is 0.496 e. The van der Waals surface area contributed by atoms with Crippen molar-refractivity contribution in [3.8, 4) is 5.75 Å². The number of nitrogens with one attached hydrogen (secondary N) is 3. The molecule has 2 aromatic carbocycles. The lowest BCUT2D eigenvalue weighted by Crippen LogP contribution is -2.34. The van der Waals surface area contributed by atoms with Gasteiger partial charge in [-0.05, 0) is 48.6 Å². The van der Waals surface area contributed by atoms with Crippen LogP contribution in [0, 0.1) is 5.92 Å². The minimum atomic E-state index is -0.360. The van der Waals surface area contributed by atoms with Crippen LogP contribution in [0.25, 0.3) is 0 Å². The molecule has 0 aromatic heterocycles. The number of hydrogen-bond donors (Lipinski definition) is 3. The molecule has 2 aromatic rings. The van der Waals surface area contributed by atoms with E-state index in [0.717, 1.165) is 0 Å². The molecule has 2 rings (SSSR count). The lowest BCUT2D eigenvalue weighted by molar-refractivity contribution is -0.118. The fraction of sp³-hybridized carbons (Fsp3) is 0.211. The van der Waals surface area contributed by atoms with Crippen molar-refractivity contribution >= 4 is 40.5 Å². The smallest absolute Gasteiger partial charge is 0.261 e. The van der Waals surface area contributed by atoms with Crippen molar-refractivity contribution in [2.75, 3.05) is 17.7 Å². The van der Waals surface area contributed by atoms with Crippen molar-refractivity contribution in [2.45, 2.75) is 13.8 Å². The van der Waals surface area contributed by atoms with Crippen LogP contribution in [0.4, 0.5) is 11.4 Å². The van der Waals surface area contributed by atoms with Crippen molar-refractivity contribution in [3.05, 3.63) is 54.1 Å². The third kappa shape index (κ3) is 5.29. The van der Waals surface area contributed by atoms with Gasteiger partial charge in [0, 0.05) is 17.3 Å². The number of amides is 2. The molecule has 0 bridgehead atoms. The van der Waals surface area contributed by atoms with Crippen LogP contribution < -0.4 is 20.7 Å². The Morgan fingerprint density at radius 3 is 2.12 bits per heavy atom. The summed E-state index contributed by atoms with van der Waals surface area (Å²) < 4.78 is 5.17. The maximum Gasteiger partial charge on any atom is 0.261 e. The van der Waals surface area contributed by atoms with E-state index in [1.165, 1.54) is 7.11 Å². The maximum atomic E-state index is 12.3. The average Bonchev–Trinajstić information content (AvgIpc) is 2.63. The van der Waals surface area contributed by atoms with Gasteiger partial charge in [-0.25, -0.2) is 0 Å². The monoisotopic (exact) mass is 371 g/mol. The van der Waals surface area contributed by atoms with Crippen molar-refractivity contribution in [3.63, 3.8) is 0 Å². The van der Waals surface area contributed by atoms with Crippen LogP contribution in [0.5, 0.6) is 5.75 Å². The molecule has 0 atom stereocenters. The predicted molar refractivity (Wildman–Crippen MR) is 107 cm³/mol. The van der Waals surface area contributed by atoms with Crippen LogP contribution in [-0.2, 0) is 4.79 Å². The molecule has 6 nitrogen and oxygen atoms in total. The molecule has 3 N–H and O–H groups in total. The molecule has 0 unspecified atom stereocenters. The summed E-state index contributed by atoms with van der Waals surface area (Å²) in [6, 6.07) is 13.9. The summed E-state index contributed by atoms with van der Waals surface area (Å²) in [5.74, 6) is -0.0327. The molecule has 0 aliphatic heterocycles. The van der Waals surface area contributed by atoms with Gasteiger partial charge < -0.3 is 15.4 Å². The topological polar surface area (TPSA) is 79.5 Å². The Labute approximate surface area is 157 Å². The highest BCUT2D eigenvalue weighted by atomic mass is 32.1. The van der Waals surface area contributed by atoms with Gasteiger partial charge in [0.1, 0.15) is 5.75 Å². The molecular weight excluding hydrogens is 350 g/mol. The Bertz CT molecular complexity index is 804. The van der Waals surface area contributed by atoms with Gasteiger partial charge in [0.15, 0.2) is 5.11 Å². The summed E-state index contributed by atoms with van der Waals surface area (Å²) in [5.41, 5.74) is 1.78. The predicted octanol–water partition coefficient (Wildman–Crippen LogP) is 3.42.